The maximum Gasteiger partial charge on any atom is 0.277 e. The van der Waals surface area contributed by atoms with Gasteiger partial charge in [0.05, 0.1) is 21.5 Å². The van der Waals surface area contributed by atoms with Crippen molar-refractivity contribution in [2.24, 2.45) is 5.92 Å². The lowest BCUT2D eigenvalue weighted by atomic mass is 9.86. The first-order valence-electron chi connectivity index (χ1n) is 7.13. The molecule has 22 heavy (non-hydrogen) atoms. The number of non-ortho nitro benzene ring substituents is 2. The van der Waals surface area contributed by atoms with Gasteiger partial charge in [0.15, 0.2) is 0 Å². The smallest absolute Gasteiger partial charge is 0.277 e. The van der Waals surface area contributed by atoms with E-state index in [0.717, 1.165) is 43.9 Å². The zero-order valence-electron chi connectivity index (χ0n) is 12.2. The van der Waals surface area contributed by atoms with Crippen LogP contribution in [-0.2, 0) is 0 Å². The van der Waals surface area contributed by atoms with E-state index in [9.17, 15) is 25.0 Å². The lowest BCUT2D eigenvalue weighted by molar-refractivity contribution is -0.394. The zero-order valence-corrected chi connectivity index (χ0v) is 12.2. The summed E-state index contributed by atoms with van der Waals surface area (Å²) in [5.74, 6) is -0.183. The van der Waals surface area contributed by atoms with Crippen molar-refractivity contribution in [3.05, 3.63) is 44.0 Å². The van der Waals surface area contributed by atoms with Gasteiger partial charge in [0.25, 0.3) is 17.3 Å². The van der Waals surface area contributed by atoms with Gasteiger partial charge in [-0.1, -0.05) is 19.8 Å². The monoisotopic (exact) mass is 307 g/mol. The number of hydrogen-bond donors (Lipinski definition) is 1. The van der Waals surface area contributed by atoms with Gasteiger partial charge in [0.1, 0.15) is 0 Å². The summed E-state index contributed by atoms with van der Waals surface area (Å²) < 4.78 is 0. The molecule has 1 aromatic rings. The van der Waals surface area contributed by atoms with Gasteiger partial charge in [-0.05, 0) is 18.8 Å². The van der Waals surface area contributed by atoms with Crippen molar-refractivity contribution in [1.82, 2.24) is 5.32 Å². The molecular weight excluding hydrogens is 290 g/mol. The SMILES string of the molecule is CC1CCCCC1NC(=O)c1cc([N+](=O)[O-])cc([N+](=O)[O-])c1. The third kappa shape index (κ3) is 3.57. The molecule has 1 N–H and O–H groups in total. The Morgan fingerprint density at radius 3 is 2.14 bits per heavy atom. The Bertz CT molecular complexity index is 584. The number of carbonyl (C=O) groups excluding carboxylic acids is 1. The molecule has 8 nitrogen and oxygen atoms in total. The third-order valence-corrected chi connectivity index (χ3v) is 4.01. The number of nitrogens with zero attached hydrogens (tertiary/aromatic N) is 2. The van der Waals surface area contributed by atoms with Crippen LogP contribution in [0.2, 0.25) is 0 Å². The minimum Gasteiger partial charge on any atom is -0.349 e. The van der Waals surface area contributed by atoms with Crippen LogP contribution in [0.1, 0.15) is 43.0 Å². The molecule has 1 amide bonds. The topological polar surface area (TPSA) is 115 Å². The summed E-state index contributed by atoms with van der Waals surface area (Å²) in [7, 11) is 0. The van der Waals surface area contributed by atoms with Gasteiger partial charge in [0.2, 0.25) is 0 Å². The predicted molar refractivity (Wildman–Crippen MR) is 78.6 cm³/mol. The lowest BCUT2D eigenvalue weighted by Crippen LogP contribution is -2.41. The van der Waals surface area contributed by atoms with E-state index in [1.807, 2.05) is 6.92 Å². The van der Waals surface area contributed by atoms with Crippen molar-refractivity contribution in [2.45, 2.75) is 38.6 Å². The van der Waals surface area contributed by atoms with Gasteiger partial charge in [-0.25, -0.2) is 0 Å². The predicted octanol–water partition coefficient (Wildman–Crippen LogP) is 2.81. The highest BCUT2D eigenvalue weighted by molar-refractivity contribution is 5.95. The average Bonchev–Trinajstić information content (AvgIpc) is 2.49. The molecule has 0 spiro atoms. The summed E-state index contributed by atoms with van der Waals surface area (Å²) in [4.78, 5) is 32.5. The van der Waals surface area contributed by atoms with Crippen LogP contribution in [0.5, 0.6) is 0 Å². The second kappa shape index (κ2) is 6.50. The number of carbonyl (C=O) groups is 1. The van der Waals surface area contributed by atoms with Crippen LogP contribution in [0.25, 0.3) is 0 Å². The van der Waals surface area contributed by atoms with Crippen LogP contribution in [0, 0.1) is 26.1 Å². The van der Waals surface area contributed by atoms with Gasteiger partial charge in [-0.2, -0.15) is 0 Å². The van der Waals surface area contributed by atoms with Crippen molar-refractivity contribution in [2.75, 3.05) is 0 Å². The van der Waals surface area contributed by atoms with E-state index in [1.165, 1.54) is 0 Å². The number of rotatable bonds is 4. The molecule has 8 heteroatoms. The summed E-state index contributed by atoms with van der Waals surface area (Å²) in [6.07, 6.45) is 4.00. The van der Waals surface area contributed by atoms with Crippen molar-refractivity contribution < 1.29 is 14.6 Å². The molecule has 2 rings (SSSR count). The molecule has 0 radical (unpaired) electrons. The van der Waals surface area contributed by atoms with E-state index in [-0.39, 0.29) is 11.6 Å². The Hall–Kier alpha value is -2.51. The molecule has 0 bridgehead atoms. The van der Waals surface area contributed by atoms with Crippen LogP contribution in [-0.4, -0.2) is 21.8 Å². The van der Waals surface area contributed by atoms with Gasteiger partial charge >= 0.3 is 0 Å². The zero-order chi connectivity index (χ0) is 16.3. The molecule has 118 valence electrons. The standard InChI is InChI=1S/C14H17N3O5/c1-9-4-2-3-5-13(9)15-14(18)10-6-11(16(19)20)8-12(7-10)17(21)22/h6-9,13H,2-5H2,1H3,(H,15,18). The van der Waals surface area contributed by atoms with E-state index >= 15 is 0 Å². The average molecular weight is 307 g/mol. The van der Waals surface area contributed by atoms with E-state index in [1.54, 1.807) is 0 Å². The second-order valence-electron chi connectivity index (χ2n) is 5.59. The van der Waals surface area contributed by atoms with E-state index in [2.05, 4.69) is 5.32 Å². The molecule has 0 aromatic heterocycles. The molecule has 0 saturated heterocycles. The summed E-state index contributed by atoms with van der Waals surface area (Å²) in [6, 6.07) is 2.98. The molecule has 1 saturated carbocycles. The summed E-state index contributed by atoms with van der Waals surface area (Å²) in [5, 5.41) is 24.5. The fourth-order valence-corrected chi connectivity index (χ4v) is 2.72. The number of amides is 1. The largest absolute Gasteiger partial charge is 0.349 e. The van der Waals surface area contributed by atoms with Crippen LogP contribution >= 0.6 is 0 Å². The Kier molecular flexibility index (Phi) is 4.69. The molecule has 2 unspecified atom stereocenters. The molecule has 1 aliphatic carbocycles. The van der Waals surface area contributed by atoms with E-state index in [4.69, 9.17) is 0 Å². The van der Waals surface area contributed by atoms with Gasteiger partial charge in [0, 0.05) is 18.2 Å². The first-order chi connectivity index (χ1) is 10.4. The van der Waals surface area contributed by atoms with Crippen LogP contribution < -0.4 is 5.32 Å². The number of nitro benzene ring substituents is 2. The Morgan fingerprint density at radius 2 is 1.64 bits per heavy atom. The van der Waals surface area contributed by atoms with Crippen molar-refractivity contribution >= 4 is 17.3 Å². The normalized spacial score (nSPS) is 21.1. The summed E-state index contributed by atoms with van der Waals surface area (Å²) >= 11 is 0. The van der Waals surface area contributed by atoms with Crippen molar-refractivity contribution in [3.8, 4) is 0 Å². The molecule has 1 fully saturated rings. The third-order valence-electron chi connectivity index (χ3n) is 4.01. The molecule has 0 aliphatic heterocycles. The molecule has 1 aliphatic rings. The van der Waals surface area contributed by atoms with Crippen molar-refractivity contribution in [3.63, 3.8) is 0 Å². The highest BCUT2D eigenvalue weighted by atomic mass is 16.6. The van der Waals surface area contributed by atoms with Crippen LogP contribution in [0.4, 0.5) is 11.4 Å². The molecule has 0 heterocycles. The van der Waals surface area contributed by atoms with E-state index < -0.39 is 27.1 Å². The second-order valence-corrected chi connectivity index (χ2v) is 5.59. The highest BCUT2D eigenvalue weighted by Gasteiger charge is 2.25. The minimum atomic E-state index is -0.743. The first kappa shape index (κ1) is 15.9. The molecule has 2 atom stereocenters. The number of nitrogens with one attached hydrogen (secondary N) is 1. The highest BCUT2D eigenvalue weighted by Crippen LogP contribution is 2.26. The van der Waals surface area contributed by atoms with Gasteiger partial charge < -0.3 is 5.32 Å². The van der Waals surface area contributed by atoms with Gasteiger partial charge in [-0.15, -0.1) is 0 Å². The maximum atomic E-state index is 12.3. The fraction of sp³-hybridized carbons (Fsp3) is 0.500. The lowest BCUT2D eigenvalue weighted by Gasteiger charge is -2.29. The first-order valence-corrected chi connectivity index (χ1v) is 7.13. The minimum absolute atomic E-state index is 0.000400. The maximum absolute atomic E-state index is 12.3. The fourth-order valence-electron chi connectivity index (χ4n) is 2.72. The van der Waals surface area contributed by atoms with E-state index in [0.29, 0.717) is 5.92 Å². The molecular formula is C14H17N3O5. The Morgan fingerprint density at radius 1 is 1.09 bits per heavy atom. The summed E-state index contributed by atoms with van der Waals surface area (Å²) in [5.41, 5.74) is -0.981. The summed E-state index contributed by atoms with van der Waals surface area (Å²) in [6.45, 7) is 2.04. The van der Waals surface area contributed by atoms with Crippen molar-refractivity contribution in [1.29, 1.82) is 0 Å². The number of nitro groups is 2. The number of benzene rings is 1. The molecule has 1 aromatic carbocycles. The van der Waals surface area contributed by atoms with Gasteiger partial charge in [-0.3, -0.25) is 25.0 Å². The Balaban J connectivity index is 2.24. The van der Waals surface area contributed by atoms with Crippen LogP contribution in [0.3, 0.4) is 0 Å². The Labute approximate surface area is 126 Å². The number of hydrogen-bond acceptors (Lipinski definition) is 5. The van der Waals surface area contributed by atoms with Crippen LogP contribution in [0.15, 0.2) is 18.2 Å². The quantitative estimate of drug-likeness (QED) is 0.678.